The number of nitrogens with zero attached hydrogens (tertiary/aromatic N) is 3. The van der Waals surface area contributed by atoms with Crippen molar-refractivity contribution in [2.24, 2.45) is 0 Å². The van der Waals surface area contributed by atoms with E-state index in [4.69, 9.17) is 4.74 Å². The predicted octanol–water partition coefficient (Wildman–Crippen LogP) is 2.35. The number of morpholine rings is 1. The lowest BCUT2D eigenvalue weighted by Crippen LogP contribution is -2.46. The third-order valence-electron chi connectivity index (χ3n) is 3.45. The zero-order valence-electron chi connectivity index (χ0n) is 12.1. The molecule has 0 bridgehead atoms. The monoisotopic (exact) mass is 343 g/mol. The van der Waals surface area contributed by atoms with Gasteiger partial charge in [-0.2, -0.15) is 5.10 Å². The van der Waals surface area contributed by atoms with Crippen molar-refractivity contribution in [3.05, 3.63) is 16.4 Å². The van der Waals surface area contributed by atoms with Crippen LogP contribution in [0.1, 0.15) is 37.2 Å². The van der Waals surface area contributed by atoms with Gasteiger partial charge in [0.05, 0.1) is 17.3 Å². The van der Waals surface area contributed by atoms with E-state index in [1.54, 1.807) is 10.9 Å². The van der Waals surface area contributed by atoms with E-state index in [1.165, 1.54) is 0 Å². The van der Waals surface area contributed by atoms with E-state index < -0.39 is 0 Å². The Morgan fingerprint density at radius 1 is 1.45 bits per heavy atom. The Bertz CT molecular complexity index is 459. The summed E-state index contributed by atoms with van der Waals surface area (Å²) in [6, 6.07) is 0. The summed E-state index contributed by atoms with van der Waals surface area (Å²) in [5, 5.41) is 4.26. The first-order valence-corrected chi connectivity index (χ1v) is 8.06. The number of carbonyl (C=O) groups is 1. The minimum absolute atomic E-state index is 0.0311. The molecule has 6 heteroatoms. The lowest BCUT2D eigenvalue weighted by Gasteiger charge is -2.31. The molecule has 1 aromatic heterocycles. The summed E-state index contributed by atoms with van der Waals surface area (Å²) in [5.41, 5.74) is 0.634. The van der Waals surface area contributed by atoms with E-state index >= 15 is 0 Å². The van der Waals surface area contributed by atoms with Crippen LogP contribution in [0.5, 0.6) is 0 Å². The van der Waals surface area contributed by atoms with Crippen LogP contribution in [0, 0.1) is 0 Å². The van der Waals surface area contributed by atoms with E-state index in [9.17, 15) is 4.79 Å². The molecule has 0 amide bonds. The average molecular weight is 344 g/mol. The smallest absolute Gasteiger partial charge is 0.211 e. The molecular formula is C14H22BrN3O2. The van der Waals surface area contributed by atoms with Crippen LogP contribution in [0.4, 0.5) is 0 Å². The van der Waals surface area contributed by atoms with Crippen molar-refractivity contribution in [2.75, 3.05) is 26.2 Å². The van der Waals surface area contributed by atoms with Crippen molar-refractivity contribution >= 4 is 21.7 Å². The summed E-state index contributed by atoms with van der Waals surface area (Å²) in [5.74, 6) is 0.0311. The highest BCUT2D eigenvalue weighted by Crippen LogP contribution is 2.20. The van der Waals surface area contributed by atoms with E-state index in [0.29, 0.717) is 18.8 Å². The minimum atomic E-state index is -0.376. The van der Waals surface area contributed by atoms with E-state index in [0.717, 1.165) is 36.9 Å². The normalized spacial score (nSPS) is 20.2. The van der Waals surface area contributed by atoms with Crippen molar-refractivity contribution in [2.45, 2.75) is 39.3 Å². The van der Waals surface area contributed by atoms with Gasteiger partial charge in [0.1, 0.15) is 11.8 Å². The van der Waals surface area contributed by atoms with Crippen molar-refractivity contribution < 1.29 is 9.53 Å². The largest absolute Gasteiger partial charge is 0.367 e. The summed E-state index contributed by atoms with van der Waals surface area (Å²) in [6.45, 7) is 8.20. The van der Waals surface area contributed by atoms with Crippen LogP contribution < -0.4 is 0 Å². The van der Waals surface area contributed by atoms with Crippen molar-refractivity contribution in [1.29, 1.82) is 0 Å². The number of aromatic nitrogens is 2. The van der Waals surface area contributed by atoms with Crippen LogP contribution in [0.15, 0.2) is 10.7 Å². The number of halogens is 1. The van der Waals surface area contributed by atoms with Crippen LogP contribution in [0.25, 0.3) is 0 Å². The fourth-order valence-corrected chi connectivity index (χ4v) is 3.01. The van der Waals surface area contributed by atoms with E-state index in [2.05, 4.69) is 39.8 Å². The summed E-state index contributed by atoms with van der Waals surface area (Å²) < 4.78 is 8.20. The summed E-state index contributed by atoms with van der Waals surface area (Å²) in [6.07, 6.45) is 3.36. The predicted molar refractivity (Wildman–Crippen MR) is 81.0 cm³/mol. The quantitative estimate of drug-likeness (QED) is 0.744. The molecule has 1 saturated heterocycles. The van der Waals surface area contributed by atoms with E-state index in [1.807, 2.05) is 0 Å². The van der Waals surface area contributed by atoms with E-state index in [-0.39, 0.29) is 11.9 Å². The highest BCUT2D eigenvalue weighted by molar-refractivity contribution is 9.10. The number of rotatable bonds is 6. The van der Waals surface area contributed by atoms with Gasteiger partial charge in [-0.1, -0.05) is 13.8 Å². The lowest BCUT2D eigenvalue weighted by molar-refractivity contribution is -0.0169. The molecule has 0 saturated carbocycles. The van der Waals surface area contributed by atoms with Gasteiger partial charge in [-0.05, 0) is 35.3 Å². The summed E-state index contributed by atoms with van der Waals surface area (Å²) >= 11 is 3.43. The SMILES string of the molecule is CCCN1CCOC(C(=O)c2c(Br)cnn2CCC)C1. The molecule has 0 spiro atoms. The number of carbonyl (C=O) groups excluding carboxylic acids is 1. The number of Topliss-reactive ketones (excluding diaryl/α,β-unsaturated/α-hetero) is 1. The van der Waals surface area contributed by atoms with Gasteiger partial charge in [-0.3, -0.25) is 14.4 Å². The first kappa shape index (κ1) is 15.7. The summed E-state index contributed by atoms with van der Waals surface area (Å²) in [7, 11) is 0. The van der Waals surface area contributed by atoms with Crippen LogP contribution >= 0.6 is 15.9 Å². The molecule has 1 aliphatic rings. The van der Waals surface area contributed by atoms with Gasteiger partial charge in [0.25, 0.3) is 0 Å². The molecule has 0 aliphatic carbocycles. The van der Waals surface area contributed by atoms with Gasteiger partial charge in [0, 0.05) is 19.6 Å². The molecule has 20 heavy (non-hydrogen) atoms. The highest BCUT2D eigenvalue weighted by atomic mass is 79.9. The highest BCUT2D eigenvalue weighted by Gasteiger charge is 2.30. The molecule has 1 unspecified atom stereocenters. The molecule has 1 atom stereocenters. The van der Waals surface area contributed by atoms with Gasteiger partial charge >= 0.3 is 0 Å². The number of hydrogen-bond donors (Lipinski definition) is 0. The Morgan fingerprint density at radius 2 is 2.20 bits per heavy atom. The third-order valence-corrected chi connectivity index (χ3v) is 4.03. The van der Waals surface area contributed by atoms with Gasteiger partial charge in [-0.15, -0.1) is 0 Å². The second-order valence-electron chi connectivity index (χ2n) is 5.09. The maximum atomic E-state index is 12.7. The molecule has 1 fully saturated rings. The Kier molecular flexibility index (Phi) is 5.74. The molecule has 0 aromatic carbocycles. The molecule has 5 nitrogen and oxygen atoms in total. The zero-order chi connectivity index (χ0) is 14.5. The third kappa shape index (κ3) is 3.48. The molecule has 1 aliphatic heterocycles. The van der Waals surface area contributed by atoms with Crippen molar-refractivity contribution in [3.63, 3.8) is 0 Å². The van der Waals surface area contributed by atoms with Crippen molar-refractivity contribution in [1.82, 2.24) is 14.7 Å². The Hall–Kier alpha value is -0.720. The van der Waals surface area contributed by atoms with Gasteiger partial charge in [-0.25, -0.2) is 0 Å². The number of ketones is 1. The number of ether oxygens (including phenoxy) is 1. The fraction of sp³-hybridized carbons (Fsp3) is 0.714. The molecular weight excluding hydrogens is 322 g/mol. The second-order valence-corrected chi connectivity index (χ2v) is 5.94. The zero-order valence-corrected chi connectivity index (χ0v) is 13.7. The Morgan fingerprint density at radius 3 is 2.90 bits per heavy atom. The molecule has 2 heterocycles. The van der Waals surface area contributed by atoms with Gasteiger partial charge in [0.2, 0.25) is 5.78 Å². The van der Waals surface area contributed by atoms with Crippen LogP contribution in [0.3, 0.4) is 0 Å². The van der Waals surface area contributed by atoms with Crippen LogP contribution in [-0.4, -0.2) is 52.8 Å². The molecule has 1 aromatic rings. The lowest BCUT2D eigenvalue weighted by atomic mass is 10.1. The van der Waals surface area contributed by atoms with Crippen LogP contribution in [0.2, 0.25) is 0 Å². The first-order valence-electron chi connectivity index (χ1n) is 7.26. The first-order chi connectivity index (χ1) is 9.67. The van der Waals surface area contributed by atoms with Crippen LogP contribution in [-0.2, 0) is 11.3 Å². The average Bonchev–Trinajstić information content (AvgIpc) is 2.80. The Balaban J connectivity index is 2.12. The maximum absolute atomic E-state index is 12.7. The topological polar surface area (TPSA) is 47.4 Å². The van der Waals surface area contributed by atoms with Gasteiger partial charge in [0.15, 0.2) is 0 Å². The maximum Gasteiger partial charge on any atom is 0.211 e. The summed E-state index contributed by atoms with van der Waals surface area (Å²) in [4.78, 5) is 15.0. The van der Waals surface area contributed by atoms with Crippen molar-refractivity contribution in [3.8, 4) is 0 Å². The number of hydrogen-bond acceptors (Lipinski definition) is 4. The standard InChI is InChI=1S/C14H22BrN3O2/c1-3-5-17-7-8-20-12(10-17)14(19)13-11(15)9-16-18(13)6-4-2/h9,12H,3-8,10H2,1-2H3. The van der Waals surface area contributed by atoms with Gasteiger partial charge < -0.3 is 4.74 Å². The minimum Gasteiger partial charge on any atom is -0.367 e. The molecule has 2 rings (SSSR count). The second kappa shape index (κ2) is 7.33. The molecule has 0 radical (unpaired) electrons. The Labute approximate surface area is 128 Å². The molecule has 0 N–H and O–H groups in total. The fourth-order valence-electron chi connectivity index (χ4n) is 2.52. The molecule has 112 valence electrons. The number of aryl methyl sites for hydroxylation is 1.